The molecule has 0 spiro atoms. The number of thioether (sulfide) groups is 1. The van der Waals surface area contributed by atoms with Crippen LogP contribution in [0.1, 0.15) is 25.6 Å². The van der Waals surface area contributed by atoms with Crippen molar-refractivity contribution in [1.29, 1.82) is 0 Å². The Kier molecular flexibility index (Phi) is 9.59. The molecule has 1 aromatic heterocycles. The quantitative estimate of drug-likeness (QED) is 0.308. The van der Waals surface area contributed by atoms with Crippen LogP contribution in [0.3, 0.4) is 0 Å². The van der Waals surface area contributed by atoms with E-state index in [0.29, 0.717) is 36.4 Å². The highest BCUT2D eigenvalue weighted by molar-refractivity contribution is 7.99. The van der Waals surface area contributed by atoms with E-state index in [4.69, 9.17) is 9.47 Å². The summed E-state index contributed by atoms with van der Waals surface area (Å²) < 4.78 is 13.4. The second-order valence-electron chi connectivity index (χ2n) is 7.19. The lowest BCUT2D eigenvalue weighted by atomic mass is 10.1. The molecule has 2 aromatic carbocycles. The Bertz CT molecular complexity index is 978. The molecule has 0 aliphatic heterocycles. The van der Waals surface area contributed by atoms with Crippen LogP contribution in [0.25, 0.3) is 11.1 Å². The van der Waals surface area contributed by atoms with Gasteiger partial charge in [0.05, 0.1) is 12.4 Å². The molecule has 8 heteroatoms. The summed E-state index contributed by atoms with van der Waals surface area (Å²) >= 11 is 1.37. The van der Waals surface area contributed by atoms with E-state index in [2.05, 4.69) is 34.6 Å². The van der Waals surface area contributed by atoms with Crippen molar-refractivity contribution in [3.63, 3.8) is 0 Å². The molecular weight excluding hydrogens is 424 g/mol. The number of nitrogens with one attached hydrogen (secondary N) is 1. The van der Waals surface area contributed by atoms with Crippen LogP contribution in [0.2, 0.25) is 0 Å². The van der Waals surface area contributed by atoms with Crippen LogP contribution in [-0.2, 0) is 22.7 Å². The predicted octanol–water partition coefficient (Wildman–Crippen LogP) is 4.18. The maximum Gasteiger partial charge on any atom is 0.230 e. The summed E-state index contributed by atoms with van der Waals surface area (Å²) in [5.74, 6) is 1.77. The van der Waals surface area contributed by atoms with E-state index in [1.165, 1.54) is 11.8 Å². The molecule has 0 radical (unpaired) electrons. The summed E-state index contributed by atoms with van der Waals surface area (Å²) in [5, 5.41) is 12.2. The molecule has 7 nitrogen and oxygen atoms in total. The van der Waals surface area contributed by atoms with Gasteiger partial charge < -0.3 is 19.4 Å². The van der Waals surface area contributed by atoms with Gasteiger partial charge in [-0.1, -0.05) is 73.6 Å². The van der Waals surface area contributed by atoms with Crippen molar-refractivity contribution in [2.24, 2.45) is 0 Å². The lowest BCUT2D eigenvalue weighted by molar-refractivity contribution is -0.118. The summed E-state index contributed by atoms with van der Waals surface area (Å²) in [5.41, 5.74) is 2.11. The zero-order chi connectivity index (χ0) is 22.6. The summed E-state index contributed by atoms with van der Waals surface area (Å²) in [6.07, 6.45) is 2.03. The molecule has 0 aliphatic rings. The summed E-state index contributed by atoms with van der Waals surface area (Å²) in [7, 11) is 1.66. The maximum atomic E-state index is 12.1. The molecule has 0 atom stereocenters. The van der Waals surface area contributed by atoms with Crippen LogP contribution < -0.4 is 10.1 Å². The number of para-hydroxylation sites is 1. The van der Waals surface area contributed by atoms with Gasteiger partial charge in [0, 0.05) is 25.8 Å². The number of ether oxygens (including phenoxy) is 2. The molecule has 32 heavy (non-hydrogen) atoms. The molecule has 0 aliphatic carbocycles. The number of carbonyl (C=O) groups is 1. The first-order chi connectivity index (χ1) is 15.7. The third-order valence-electron chi connectivity index (χ3n) is 4.83. The fraction of sp³-hybridized carbons (Fsp3) is 0.375. The monoisotopic (exact) mass is 454 g/mol. The van der Waals surface area contributed by atoms with E-state index in [9.17, 15) is 4.79 Å². The number of nitrogens with zero attached hydrogens (tertiary/aromatic N) is 3. The van der Waals surface area contributed by atoms with Gasteiger partial charge in [-0.25, -0.2) is 0 Å². The lowest BCUT2D eigenvalue weighted by Crippen LogP contribution is -2.26. The Balaban J connectivity index is 1.69. The van der Waals surface area contributed by atoms with E-state index in [0.717, 1.165) is 29.7 Å². The summed E-state index contributed by atoms with van der Waals surface area (Å²) in [6.45, 7) is 4.17. The molecule has 3 aromatic rings. The highest BCUT2D eigenvalue weighted by atomic mass is 32.2. The first-order valence-electron chi connectivity index (χ1n) is 10.8. The number of amides is 1. The van der Waals surface area contributed by atoms with Crippen LogP contribution in [-0.4, -0.2) is 46.7 Å². The molecule has 0 saturated heterocycles. The van der Waals surface area contributed by atoms with Crippen LogP contribution in [0.15, 0.2) is 59.8 Å². The number of aromatic nitrogens is 3. The van der Waals surface area contributed by atoms with Gasteiger partial charge in [-0.15, -0.1) is 10.2 Å². The minimum atomic E-state index is -0.000620. The van der Waals surface area contributed by atoms with Crippen LogP contribution in [0.5, 0.6) is 5.75 Å². The summed E-state index contributed by atoms with van der Waals surface area (Å²) in [6, 6.07) is 18.1. The average molecular weight is 455 g/mol. The minimum Gasteiger partial charge on any atom is -0.485 e. The number of hydrogen-bond donors (Lipinski definition) is 1. The normalized spacial score (nSPS) is 10.8. The maximum absolute atomic E-state index is 12.1. The van der Waals surface area contributed by atoms with E-state index in [1.54, 1.807) is 7.11 Å². The third-order valence-corrected chi connectivity index (χ3v) is 5.79. The zero-order valence-corrected chi connectivity index (χ0v) is 19.4. The molecule has 1 heterocycles. The van der Waals surface area contributed by atoms with Crippen molar-refractivity contribution < 1.29 is 14.3 Å². The van der Waals surface area contributed by atoms with Crippen molar-refractivity contribution in [1.82, 2.24) is 20.1 Å². The molecule has 170 valence electrons. The first-order valence-corrected chi connectivity index (χ1v) is 11.8. The Labute approximate surface area is 193 Å². The average Bonchev–Trinajstić information content (AvgIpc) is 3.22. The van der Waals surface area contributed by atoms with Crippen molar-refractivity contribution in [2.45, 2.75) is 38.1 Å². The number of hydrogen-bond acceptors (Lipinski definition) is 6. The van der Waals surface area contributed by atoms with Gasteiger partial charge in [-0.2, -0.15) is 0 Å². The van der Waals surface area contributed by atoms with Gasteiger partial charge >= 0.3 is 0 Å². The molecule has 1 amide bonds. The largest absolute Gasteiger partial charge is 0.485 e. The van der Waals surface area contributed by atoms with Gasteiger partial charge in [0.25, 0.3) is 0 Å². The van der Waals surface area contributed by atoms with Crippen molar-refractivity contribution >= 4 is 17.7 Å². The predicted molar refractivity (Wildman–Crippen MR) is 127 cm³/mol. The van der Waals surface area contributed by atoms with Crippen molar-refractivity contribution in [2.75, 3.05) is 26.0 Å². The second-order valence-corrected chi connectivity index (χ2v) is 8.13. The molecule has 0 saturated carbocycles. The van der Waals surface area contributed by atoms with Gasteiger partial charge in [0.1, 0.15) is 12.4 Å². The third kappa shape index (κ3) is 6.83. The molecule has 0 unspecified atom stereocenters. The molecule has 0 fully saturated rings. The van der Waals surface area contributed by atoms with E-state index in [-0.39, 0.29) is 12.5 Å². The second kappa shape index (κ2) is 12.9. The number of unbranched alkanes of at least 4 members (excludes halogenated alkanes) is 1. The molecule has 3 rings (SSSR count). The van der Waals surface area contributed by atoms with E-state index < -0.39 is 0 Å². The first kappa shape index (κ1) is 23.8. The standard InChI is InChI=1S/C24H30N4O3S/c1-3-4-14-25-23(29)18-32-24-27-26-22(28(24)15-16-30-2)17-31-21-13-9-8-12-20(21)19-10-6-5-7-11-19/h5-13H,3-4,14-18H2,1-2H3,(H,25,29). The minimum absolute atomic E-state index is 0.000620. The van der Waals surface area contributed by atoms with E-state index >= 15 is 0 Å². The lowest BCUT2D eigenvalue weighted by Gasteiger charge is -2.13. The fourth-order valence-electron chi connectivity index (χ4n) is 3.12. The highest BCUT2D eigenvalue weighted by Gasteiger charge is 2.15. The Hall–Kier alpha value is -2.84. The molecular formula is C24H30N4O3S. The van der Waals surface area contributed by atoms with Crippen molar-refractivity contribution in [3.8, 4) is 16.9 Å². The van der Waals surface area contributed by atoms with Gasteiger partial charge in [-0.3, -0.25) is 4.79 Å². The highest BCUT2D eigenvalue weighted by Crippen LogP contribution is 2.30. The van der Waals surface area contributed by atoms with Crippen LogP contribution in [0.4, 0.5) is 0 Å². The van der Waals surface area contributed by atoms with Crippen LogP contribution in [0, 0.1) is 0 Å². The van der Waals surface area contributed by atoms with E-state index in [1.807, 2.05) is 47.0 Å². The molecule has 1 N–H and O–H groups in total. The van der Waals surface area contributed by atoms with Gasteiger partial charge in [0.2, 0.25) is 5.91 Å². The zero-order valence-electron chi connectivity index (χ0n) is 18.6. The topological polar surface area (TPSA) is 78.3 Å². The number of carbonyl (C=O) groups excluding carboxylic acids is 1. The molecule has 0 bridgehead atoms. The Morgan fingerprint density at radius 1 is 1.09 bits per heavy atom. The van der Waals surface area contributed by atoms with Crippen LogP contribution >= 0.6 is 11.8 Å². The van der Waals surface area contributed by atoms with Crippen molar-refractivity contribution in [3.05, 3.63) is 60.4 Å². The summed E-state index contributed by atoms with van der Waals surface area (Å²) in [4.78, 5) is 12.1. The number of methoxy groups -OCH3 is 1. The SMILES string of the molecule is CCCCNC(=O)CSc1nnc(COc2ccccc2-c2ccccc2)n1CCOC. The Morgan fingerprint density at radius 2 is 1.88 bits per heavy atom. The fourth-order valence-corrected chi connectivity index (χ4v) is 3.93. The number of rotatable bonds is 13. The van der Waals surface area contributed by atoms with Gasteiger partial charge in [0.15, 0.2) is 11.0 Å². The Morgan fingerprint density at radius 3 is 2.66 bits per heavy atom. The smallest absolute Gasteiger partial charge is 0.230 e. The number of benzene rings is 2. The van der Waals surface area contributed by atoms with Gasteiger partial charge in [-0.05, 0) is 18.1 Å².